The third-order valence-corrected chi connectivity index (χ3v) is 6.82. The Balaban J connectivity index is 1.48. The lowest BCUT2D eigenvalue weighted by molar-refractivity contribution is -0.128. The van der Waals surface area contributed by atoms with Gasteiger partial charge >= 0.3 is 0 Å². The van der Waals surface area contributed by atoms with Crippen molar-refractivity contribution in [1.82, 2.24) is 19.9 Å². The molecule has 1 amide bonds. The molecule has 4 aromatic rings. The molecule has 1 atom stereocenters. The second kappa shape index (κ2) is 11.2. The summed E-state index contributed by atoms with van der Waals surface area (Å²) in [6, 6.07) is 17.5. The molecule has 0 unspecified atom stereocenters. The zero-order chi connectivity index (χ0) is 27.4. The van der Waals surface area contributed by atoms with E-state index in [1.807, 2.05) is 47.4 Å². The summed E-state index contributed by atoms with van der Waals surface area (Å²) in [4.78, 5) is 28.2. The number of nitrogens with zero attached hydrogens (tertiary/aromatic N) is 4. The Bertz CT molecular complexity index is 1520. The molecule has 0 saturated heterocycles. The Morgan fingerprint density at radius 1 is 1.08 bits per heavy atom. The van der Waals surface area contributed by atoms with Crippen LogP contribution in [0.1, 0.15) is 39.6 Å². The average molecular weight is 523 g/mol. The minimum absolute atomic E-state index is 0.120. The highest BCUT2D eigenvalue weighted by Gasteiger charge is 2.31. The molecule has 0 saturated carbocycles. The molecule has 198 valence electrons. The van der Waals surface area contributed by atoms with Crippen molar-refractivity contribution in [3.63, 3.8) is 0 Å². The molecule has 0 radical (unpaired) electrons. The highest BCUT2D eigenvalue weighted by atomic mass is 16.5. The normalized spacial score (nSPS) is 14.7. The Labute approximate surface area is 227 Å². The van der Waals surface area contributed by atoms with Gasteiger partial charge in [-0.15, -0.1) is 0 Å². The summed E-state index contributed by atoms with van der Waals surface area (Å²) in [5, 5.41) is 0. The molecule has 9 heteroatoms. The van der Waals surface area contributed by atoms with E-state index in [1.54, 1.807) is 38.8 Å². The second-order valence-corrected chi connectivity index (χ2v) is 9.21. The zero-order valence-corrected chi connectivity index (χ0v) is 21.9. The maximum Gasteiger partial charge on any atom is 0.247 e. The Hall–Kier alpha value is -4.92. The largest absolute Gasteiger partial charge is 0.493 e. The van der Waals surface area contributed by atoms with Gasteiger partial charge in [0.25, 0.3) is 0 Å². The van der Waals surface area contributed by atoms with Gasteiger partial charge in [0.05, 0.1) is 26.0 Å². The summed E-state index contributed by atoms with van der Waals surface area (Å²) in [7, 11) is 3.14. The van der Waals surface area contributed by atoms with E-state index in [2.05, 4.69) is 27.1 Å². The number of ether oxygens (including phenoxy) is 2. The molecular weight excluding hydrogens is 492 g/mol. The molecule has 2 aromatic carbocycles. The first-order valence-corrected chi connectivity index (χ1v) is 12.6. The van der Waals surface area contributed by atoms with Gasteiger partial charge in [-0.3, -0.25) is 9.78 Å². The number of fused-ring (bicyclic) bond motifs is 1. The number of amides is 1. The summed E-state index contributed by atoms with van der Waals surface area (Å²) in [5.74, 6) is 1.38. The number of hydrogen-bond donors (Lipinski definition) is 2. The molecule has 3 heterocycles. The van der Waals surface area contributed by atoms with Gasteiger partial charge in [0.1, 0.15) is 5.82 Å². The predicted octanol–water partition coefficient (Wildman–Crippen LogP) is 3.83. The SMILES string of the molecule is COc1cc(Cc2cnc(N)nc2N)cc(/C=C/C(=O)N2CCc3ccccc3[C@@H]2c2ccccn2)c1OC. The van der Waals surface area contributed by atoms with Crippen LogP contribution in [0.15, 0.2) is 73.1 Å². The lowest BCUT2D eigenvalue weighted by Gasteiger charge is -2.36. The first kappa shape index (κ1) is 25.7. The lowest BCUT2D eigenvalue weighted by Crippen LogP contribution is -2.40. The number of nitrogens with two attached hydrogens (primary N) is 2. The van der Waals surface area contributed by atoms with Crippen molar-refractivity contribution in [1.29, 1.82) is 0 Å². The van der Waals surface area contributed by atoms with E-state index < -0.39 is 0 Å². The number of carbonyl (C=O) groups is 1. The number of aromatic nitrogens is 3. The van der Waals surface area contributed by atoms with Gasteiger partial charge < -0.3 is 25.8 Å². The van der Waals surface area contributed by atoms with Crippen LogP contribution in [0.4, 0.5) is 11.8 Å². The fourth-order valence-corrected chi connectivity index (χ4v) is 4.99. The number of benzene rings is 2. The van der Waals surface area contributed by atoms with Crippen molar-refractivity contribution in [2.45, 2.75) is 18.9 Å². The molecule has 1 aliphatic heterocycles. The van der Waals surface area contributed by atoms with Gasteiger partial charge in [-0.05, 0) is 53.5 Å². The third-order valence-electron chi connectivity index (χ3n) is 6.82. The van der Waals surface area contributed by atoms with Crippen LogP contribution >= 0.6 is 0 Å². The maximum absolute atomic E-state index is 13.7. The van der Waals surface area contributed by atoms with Crippen molar-refractivity contribution < 1.29 is 14.3 Å². The van der Waals surface area contributed by atoms with Gasteiger partial charge in [0.15, 0.2) is 11.5 Å². The fourth-order valence-electron chi connectivity index (χ4n) is 4.99. The fraction of sp³-hybridized carbons (Fsp3) is 0.200. The Morgan fingerprint density at radius 2 is 1.90 bits per heavy atom. The van der Waals surface area contributed by atoms with Crippen LogP contribution < -0.4 is 20.9 Å². The molecule has 0 aliphatic carbocycles. The Morgan fingerprint density at radius 3 is 2.64 bits per heavy atom. The molecule has 0 spiro atoms. The molecule has 2 aromatic heterocycles. The third kappa shape index (κ3) is 5.38. The molecule has 9 nitrogen and oxygen atoms in total. The number of pyridine rings is 1. The van der Waals surface area contributed by atoms with Crippen molar-refractivity contribution in [3.8, 4) is 11.5 Å². The average Bonchev–Trinajstić information content (AvgIpc) is 2.96. The molecule has 4 N–H and O–H groups in total. The topological polar surface area (TPSA) is 129 Å². The first-order valence-electron chi connectivity index (χ1n) is 12.6. The first-order chi connectivity index (χ1) is 19.0. The summed E-state index contributed by atoms with van der Waals surface area (Å²) < 4.78 is 11.2. The monoisotopic (exact) mass is 522 g/mol. The molecule has 39 heavy (non-hydrogen) atoms. The van der Waals surface area contributed by atoms with E-state index in [0.29, 0.717) is 35.8 Å². The van der Waals surface area contributed by atoms with E-state index in [0.717, 1.165) is 28.8 Å². The lowest BCUT2D eigenvalue weighted by atomic mass is 9.90. The van der Waals surface area contributed by atoms with E-state index >= 15 is 0 Å². The van der Waals surface area contributed by atoms with Crippen LogP contribution in [0.25, 0.3) is 6.08 Å². The van der Waals surface area contributed by atoms with E-state index in [-0.39, 0.29) is 17.9 Å². The van der Waals surface area contributed by atoms with Crippen LogP contribution in [0, 0.1) is 0 Å². The van der Waals surface area contributed by atoms with Crippen LogP contribution in [-0.4, -0.2) is 46.5 Å². The quantitative estimate of drug-likeness (QED) is 0.350. The van der Waals surface area contributed by atoms with Crippen molar-refractivity contribution in [2.75, 3.05) is 32.2 Å². The molecular formula is C30H30N6O3. The van der Waals surface area contributed by atoms with Crippen LogP contribution in [0.5, 0.6) is 11.5 Å². The summed E-state index contributed by atoms with van der Waals surface area (Å²) in [6.45, 7) is 0.582. The van der Waals surface area contributed by atoms with Crippen LogP contribution in [-0.2, 0) is 17.6 Å². The van der Waals surface area contributed by atoms with Crippen LogP contribution in [0.3, 0.4) is 0 Å². The molecule has 0 fully saturated rings. The number of hydrogen-bond acceptors (Lipinski definition) is 8. The number of rotatable bonds is 7. The van der Waals surface area contributed by atoms with E-state index in [9.17, 15) is 4.79 Å². The van der Waals surface area contributed by atoms with Gasteiger partial charge in [0, 0.05) is 42.6 Å². The number of anilines is 2. The van der Waals surface area contributed by atoms with Gasteiger partial charge in [-0.25, -0.2) is 4.98 Å². The standard InChI is InChI=1S/C30H30N6O3/c1-38-25-17-19(16-22-18-34-30(32)35-29(22)31)15-21(28(25)39-2)10-11-26(37)36-14-12-20-7-3-4-8-23(20)27(36)24-9-5-6-13-33-24/h3-11,13,15,17-18,27H,12,14,16H2,1-2H3,(H4,31,32,34,35)/b11-10+/t27-/m1/s1. The van der Waals surface area contributed by atoms with Crippen molar-refractivity contribution in [3.05, 3.63) is 107 Å². The Kier molecular flexibility index (Phi) is 7.40. The molecule has 0 bridgehead atoms. The predicted molar refractivity (Wildman–Crippen MR) is 150 cm³/mol. The highest BCUT2D eigenvalue weighted by Crippen LogP contribution is 2.36. The van der Waals surface area contributed by atoms with Crippen LogP contribution in [0.2, 0.25) is 0 Å². The smallest absolute Gasteiger partial charge is 0.247 e. The van der Waals surface area contributed by atoms with E-state index in [4.69, 9.17) is 20.9 Å². The summed E-state index contributed by atoms with van der Waals surface area (Å²) >= 11 is 0. The van der Waals surface area contributed by atoms with Gasteiger partial charge in [0.2, 0.25) is 11.9 Å². The zero-order valence-electron chi connectivity index (χ0n) is 21.9. The number of carbonyl (C=O) groups excluding carboxylic acids is 1. The highest BCUT2D eigenvalue weighted by molar-refractivity contribution is 5.93. The maximum atomic E-state index is 13.7. The van der Waals surface area contributed by atoms with Gasteiger partial charge in [-0.2, -0.15) is 4.98 Å². The summed E-state index contributed by atoms with van der Waals surface area (Å²) in [6.07, 6.45) is 7.92. The van der Waals surface area contributed by atoms with E-state index in [1.165, 1.54) is 5.56 Å². The van der Waals surface area contributed by atoms with Crippen molar-refractivity contribution in [2.24, 2.45) is 0 Å². The molecule has 5 rings (SSSR count). The molecule has 1 aliphatic rings. The minimum Gasteiger partial charge on any atom is -0.493 e. The summed E-state index contributed by atoms with van der Waals surface area (Å²) in [5.41, 5.74) is 17.2. The van der Waals surface area contributed by atoms with Gasteiger partial charge in [-0.1, -0.05) is 30.3 Å². The second-order valence-electron chi connectivity index (χ2n) is 9.21. The number of methoxy groups -OCH3 is 2. The minimum atomic E-state index is -0.274. The van der Waals surface area contributed by atoms with Crippen molar-refractivity contribution >= 4 is 23.7 Å². The number of nitrogen functional groups attached to an aromatic ring is 2.